The van der Waals surface area contributed by atoms with E-state index in [-0.39, 0.29) is 17.7 Å². The lowest BCUT2D eigenvalue weighted by atomic mass is 10.0. The molecule has 5 heteroatoms. The van der Waals surface area contributed by atoms with Crippen molar-refractivity contribution in [1.82, 2.24) is 4.90 Å². The normalized spacial score (nSPS) is 15.5. The van der Waals surface area contributed by atoms with Gasteiger partial charge in [-0.05, 0) is 58.3 Å². The Balaban J connectivity index is 1.53. The van der Waals surface area contributed by atoms with E-state index in [1.165, 1.54) is 4.90 Å². The van der Waals surface area contributed by atoms with Gasteiger partial charge in [-0.2, -0.15) is 0 Å². The largest absolute Gasteiger partial charge is 0.494 e. The summed E-state index contributed by atoms with van der Waals surface area (Å²) in [6, 6.07) is 21.5. The van der Waals surface area contributed by atoms with Gasteiger partial charge in [0.2, 0.25) is 0 Å². The molecule has 1 saturated heterocycles. The van der Waals surface area contributed by atoms with Crippen LogP contribution in [-0.4, -0.2) is 22.7 Å². The van der Waals surface area contributed by atoms with Gasteiger partial charge in [-0.1, -0.05) is 61.5 Å². The van der Waals surface area contributed by atoms with Crippen molar-refractivity contribution in [1.29, 1.82) is 0 Å². The molecule has 0 aromatic heterocycles. The van der Waals surface area contributed by atoms with Crippen LogP contribution in [0.1, 0.15) is 24.5 Å². The van der Waals surface area contributed by atoms with Crippen LogP contribution in [0.2, 0.25) is 0 Å². The first-order chi connectivity index (χ1) is 14.2. The van der Waals surface area contributed by atoms with Gasteiger partial charge in [0, 0.05) is 0 Å². The number of benzene rings is 3. The summed E-state index contributed by atoms with van der Waals surface area (Å²) in [4.78, 5) is 27.1. The van der Waals surface area contributed by atoms with Gasteiger partial charge in [-0.25, -0.2) is 0 Å². The summed E-state index contributed by atoms with van der Waals surface area (Å²) in [7, 11) is 0. The van der Waals surface area contributed by atoms with Gasteiger partial charge in [0.25, 0.3) is 11.1 Å². The van der Waals surface area contributed by atoms with E-state index in [2.05, 4.69) is 6.92 Å². The third kappa shape index (κ3) is 4.20. The van der Waals surface area contributed by atoms with Crippen molar-refractivity contribution in [2.24, 2.45) is 0 Å². The minimum absolute atomic E-state index is 0.239. The van der Waals surface area contributed by atoms with Gasteiger partial charge in [-0.15, -0.1) is 0 Å². The van der Waals surface area contributed by atoms with Crippen molar-refractivity contribution >= 4 is 39.8 Å². The van der Waals surface area contributed by atoms with Gasteiger partial charge in [0.1, 0.15) is 5.75 Å². The molecule has 0 spiro atoms. The molecular formula is C24H21NO3S. The van der Waals surface area contributed by atoms with Crippen molar-refractivity contribution < 1.29 is 14.3 Å². The zero-order chi connectivity index (χ0) is 20.2. The minimum atomic E-state index is -0.251. The standard InChI is InChI=1S/C24H21NO3S/c1-2-14-28-20-12-10-17(11-13-20)15-22-23(26)25(24(27)29-22)16-19-8-5-7-18-6-3-4-9-21(18)19/h3-13,15H,2,14,16H2,1H3/b22-15-. The van der Waals surface area contributed by atoms with Crippen LogP contribution in [0, 0.1) is 0 Å². The Labute approximate surface area is 174 Å². The van der Waals surface area contributed by atoms with Crippen molar-refractivity contribution in [3.05, 3.63) is 82.8 Å². The van der Waals surface area contributed by atoms with E-state index in [9.17, 15) is 9.59 Å². The highest BCUT2D eigenvalue weighted by molar-refractivity contribution is 8.18. The first-order valence-corrected chi connectivity index (χ1v) is 10.4. The van der Waals surface area contributed by atoms with Gasteiger partial charge in [-0.3, -0.25) is 14.5 Å². The number of hydrogen-bond donors (Lipinski definition) is 0. The molecular weight excluding hydrogens is 382 g/mol. The third-order valence-electron chi connectivity index (χ3n) is 4.73. The zero-order valence-corrected chi connectivity index (χ0v) is 16.9. The molecule has 1 heterocycles. The summed E-state index contributed by atoms with van der Waals surface area (Å²) in [6.07, 6.45) is 2.71. The van der Waals surface area contributed by atoms with Crippen LogP contribution in [0.5, 0.6) is 5.75 Å². The Morgan fingerprint density at radius 2 is 1.72 bits per heavy atom. The van der Waals surface area contributed by atoms with Crippen LogP contribution in [-0.2, 0) is 11.3 Å². The topological polar surface area (TPSA) is 46.6 Å². The highest BCUT2D eigenvalue weighted by Gasteiger charge is 2.35. The van der Waals surface area contributed by atoms with Gasteiger partial charge in [0.05, 0.1) is 18.1 Å². The molecule has 3 aromatic rings. The predicted octanol–water partition coefficient (Wildman–Crippen LogP) is 5.87. The Kier molecular flexibility index (Phi) is 5.67. The quantitative estimate of drug-likeness (QED) is 0.483. The van der Waals surface area contributed by atoms with Crippen molar-refractivity contribution in [2.75, 3.05) is 6.61 Å². The SMILES string of the molecule is CCCOc1ccc(/C=C2\SC(=O)N(Cc3cccc4ccccc34)C2=O)cc1. The highest BCUT2D eigenvalue weighted by Crippen LogP contribution is 2.34. The van der Waals surface area contributed by atoms with Gasteiger partial charge >= 0.3 is 0 Å². The summed E-state index contributed by atoms with van der Waals surface area (Å²) >= 11 is 0.987. The number of rotatable bonds is 6. The van der Waals surface area contributed by atoms with E-state index in [4.69, 9.17) is 4.74 Å². The predicted molar refractivity (Wildman–Crippen MR) is 118 cm³/mol. The number of carbonyl (C=O) groups is 2. The van der Waals surface area contributed by atoms with Crippen molar-refractivity contribution in [3.8, 4) is 5.75 Å². The fourth-order valence-electron chi connectivity index (χ4n) is 3.27. The maximum atomic E-state index is 12.9. The van der Waals surface area contributed by atoms with E-state index in [0.29, 0.717) is 11.5 Å². The molecule has 0 aliphatic carbocycles. The molecule has 2 amide bonds. The average Bonchev–Trinajstić information content (AvgIpc) is 3.01. The van der Waals surface area contributed by atoms with E-state index in [1.807, 2.05) is 66.7 Å². The van der Waals surface area contributed by atoms with Crippen LogP contribution < -0.4 is 4.74 Å². The molecule has 3 aromatic carbocycles. The zero-order valence-electron chi connectivity index (χ0n) is 16.1. The van der Waals surface area contributed by atoms with E-state index in [1.54, 1.807) is 6.08 Å². The molecule has 0 saturated carbocycles. The summed E-state index contributed by atoms with van der Waals surface area (Å²) < 4.78 is 5.58. The number of nitrogens with zero attached hydrogens (tertiary/aromatic N) is 1. The highest BCUT2D eigenvalue weighted by atomic mass is 32.2. The minimum Gasteiger partial charge on any atom is -0.494 e. The Bertz CT molecular complexity index is 1080. The summed E-state index contributed by atoms with van der Waals surface area (Å²) in [5.74, 6) is 0.548. The van der Waals surface area contributed by atoms with E-state index < -0.39 is 0 Å². The number of amides is 2. The van der Waals surface area contributed by atoms with Crippen LogP contribution in [0.15, 0.2) is 71.6 Å². The number of carbonyl (C=O) groups excluding carboxylic acids is 2. The van der Waals surface area contributed by atoms with Crippen LogP contribution in [0.25, 0.3) is 16.8 Å². The maximum absolute atomic E-state index is 12.9. The lowest BCUT2D eigenvalue weighted by molar-refractivity contribution is -0.123. The molecule has 0 atom stereocenters. The lowest BCUT2D eigenvalue weighted by Gasteiger charge is -2.14. The van der Waals surface area contributed by atoms with Gasteiger partial charge in [0.15, 0.2) is 0 Å². The van der Waals surface area contributed by atoms with Crippen molar-refractivity contribution in [3.63, 3.8) is 0 Å². The molecule has 1 fully saturated rings. The summed E-state index contributed by atoms with van der Waals surface area (Å²) in [5, 5.41) is 1.91. The second-order valence-corrected chi connectivity index (χ2v) is 7.82. The molecule has 0 radical (unpaired) electrons. The Morgan fingerprint density at radius 3 is 2.52 bits per heavy atom. The van der Waals surface area contributed by atoms with Crippen LogP contribution >= 0.6 is 11.8 Å². The Hall–Kier alpha value is -3.05. The fourth-order valence-corrected chi connectivity index (χ4v) is 4.11. The molecule has 0 bridgehead atoms. The first kappa shape index (κ1) is 19.3. The number of thioether (sulfide) groups is 1. The molecule has 29 heavy (non-hydrogen) atoms. The first-order valence-electron chi connectivity index (χ1n) is 9.60. The molecule has 4 rings (SSSR count). The van der Waals surface area contributed by atoms with Gasteiger partial charge < -0.3 is 4.74 Å². The van der Waals surface area contributed by atoms with Crippen LogP contribution in [0.4, 0.5) is 4.79 Å². The van der Waals surface area contributed by atoms with Crippen molar-refractivity contribution in [2.45, 2.75) is 19.9 Å². The average molecular weight is 404 g/mol. The maximum Gasteiger partial charge on any atom is 0.293 e. The molecule has 1 aliphatic heterocycles. The number of hydrogen-bond acceptors (Lipinski definition) is 4. The second-order valence-electron chi connectivity index (χ2n) is 6.82. The number of ether oxygens (including phenoxy) is 1. The molecule has 0 N–H and O–H groups in total. The number of imide groups is 1. The Morgan fingerprint density at radius 1 is 0.966 bits per heavy atom. The fraction of sp³-hybridized carbons (Fsp3) is 0.167. The van der Waals surface area contributed by atoms with E-state index >= 15 is 0 Å². The molecule has 4 nitrogen and oxygen atoms in total. The monoisotopic (exact) mass is 403 g/mol. The molecule has 146 valence electrons. The lowest BCUT2D eigenvalue weighted by Crippen LogP contribution is -2.27. The summed E-state index contributed by atoms with van der Waals surface area (Å²) in [6.45, 7) is 3.00. The third-order valence-corrected chi connectivity index (χ3v) is 5.64. The summed E-state index contributed by atoms with van der Waals surface area (Å²) in [5.41, 5.74) is 1.83. The smallest absolute Gasteiger partial charge is 0.293 e. The molecule has 0 unspecified atom stereocenters. The molecule has 1 aliphatic rings. The second kappa shape index (κ2) is 8.53. The van der Waals surface area contributed by atoms with Crippen LogP contribution in [0.3, 0.4) is 0 Å². The number of fused-ring (bicyclic) bond motifs is 1. The van der Waals surface area contributed by atoms with E-state index in [0.717, 1.165) is 45.8 Å².